The maximum absolute atomic E-state index is 14.9. The lowest BCUT2D eigenvalue weighted by Crippen LogP contribution is -2.35. The molecular formula is C28H23Cl3FN5O. The van der Waals surface area contributed by atoms with Gasteiger partial charge in [0, 0.05) is 48.4 Å². The van der Waals surface area contributed by atoms with Crippen LogP contribution >= 0.6 is 35.6 Å². The highest BCUT2D eigenvalue weighted by atomic mass is 35.5. The molecule has 1 N–H and O–H groups in total. The summed E-state index contributed by atoms with van der Waals surface area (Å²) in [6.07, 6.45) is 3.66. The van der Waals surface area contributed by atoms with E-state index in [0.717, 1.165) is 27.8 Å². The molecule has 38 heavy (non-hydrogen) atoms. The van der Waals surface area contributed by atoms with E-state index in [1.165, 1.54) is 6.08 Å². The summed E-state index contributed by atoms with van der Waals surface area (Å²) in [5, 5.41) is 14.2. The van der Waals surface area contributed by atoms with E-state index in [0.29, 0.717) is 47.3 Å². The molecule has 2 aromatic carbocycles. The highest BCUT2D eigenvalue weighted by Gasteiger charge is 2.27. The molecule has 1 aliphatic heterocycles. The number of amides is 1. The second kappa shape index (κ2) is 12.0. The molecule has 0 spiro atoms. The van der Waals surface area contributed by atoms with Crippen LogP contribution in [-0.4, -0.2) is 33.6 Å². The fourth-order valence-corrected chi connectivity index (χ4v) is 4.98. The summed E-state index contributed by atoms with van der Waals surface area (Å²) in [5.41, 5.74) is 4.59. The molecule has 194 valence electrons. The molecule has 0 atom stereocenters. The number of benzene rings is 2. The molecule has 2 aromatic heterocycles. The molecule has 10 heteroatoms. The molecule has 6 nitrogen and oxygen atoms in total. The Morgan fingerprint density at radius 1 is 1.16 bits per heavy atom. The van der Waals surface area contributed by atoms with Crippen molar-refractivity contribution in [2.45, 2.75) is 19.5 Å². The maximum atomic E-state index is 14.9. The molecule has 0 saturated heterocycles. The number of fused-ring (bicyclic) bond motifs is 3. The molecule has 0 radical (unpaired) electrons. The molecule has 0 fully saturated rings. The minimum absolute atomic E-state index is 0. The number of hydrogen-bond donors (Lipinski definition) is 1. The first-order valence-corrected chi connectivity index (χ1v) is 12.5. The summed E-state index contributed by atoms with van der Waals surface area (Å²) in [7, 11) is 0. The van der Waals surface area contributed by atoms with Gasteiger partial charge in [-0.05, 0) is 65.2 Å². The summed E-state index contributed by atoms with van der Waals surface area (Å²) in [6.45, 7) is 1.48. The number of nitrogens with one attached hydrogen (secondary N) is 1. The Morgan fingerprint density at radius 2 is 1.95 bits per heavy atom. The van der Waals surface area contributed by atoms with Crippen molar-refractivity contribution in [3.63, 3.8) is 0 Å². The number of pyridine rings is 1. The van der Waals surface area contributed by atoms with Gasteiger partial charge in [-0.25, -0.2) is 14.2 Å². The Kier molecular flexibility index (Phi) is 8.70. The zero-order chi connectivity index (χ0) is 25.9. The van der Waals surface area contributed by atoms with Crippen molar-refractivity contribution in [2.24, 2.45) is 0 Å². The van der Waals surface area contributed by atoms with Crippen LogP contribution in [0.3, 0.4) is 0 Å². The Labute approximate surface area is 235 Å². The van der Waals surface area contributed by atoms with Crippen LogP contribution in [0.1, 0.15) is 27.9 Å². The van der Waals surface area contributed by atoms with Gasteiger partial charge in [-0.15, -0.1) is 12.4 Å². The average Bonchev–Trinajstić information content (AvgIpc) is 3.21. The summed E-state index contributed by atoms with van der Waals surface area (Å²) < 4.78 is 16.5. The van der Waals surface area contributed by atoms with E-state index in [1.807, 2.05) is 4.90 Å². The predicted molar refractivity (Wildman–Crippen MR) is 150 cm³/mol. The smallest absolute Gasteiger partial charge is 0.326 e. The average molecular weight is 571 g/mol. The Balaban J connectivity index is 0.00000336. The molecular weight excluding hydrogens is 548 g/mol. The van der Waals surface area contributed by atoms with E-state index in [1.54, 1.807) is 65.4 Å². The van der Waals surface area contributed by atoms with Crippen LogP contribution in [0.15, 0.2) is 66.6 Å². The van der Waals surface area contributed by atoms with E-state index in [2.05, 4.69) is 16.4 Å². The maximum Gasteiger partial charge on any atom is 0.326 e. The van der Waals surface area contributed by atoms with E-state index < -0.39 is 0 Å². The number of rotatable bonds is 5. The molecule has 5 rings (SSSR count). The molecule has 0 saturated carbocycles. The molecule has 0 bridgehead atoms. The second-order valence-electron chi connectivity index (χ2n) is 8.85. The Morgan fingerprint density at radius 3 is 2.68 bits per heavy atom. The minimum atomic E-state index is -0.272. The molecule has 4 aromatic rings. The molecule has 0 aliphatic carbocycles. The van der Waals surface area contributed by atoms with Gasteiger partial charge in [0.2, 0.25) is 0 Å². The zero-order valence-electron chi connectivity index (χ0n) is 20.1. The van der Waals surface area contributed by atoms with Crippen molar-refractivity contribution in [2.75, 3.05) is 13.1 Å². The van der Waals surface area contributed by atoms with Crippen LogP contribution in [0.5, 0.6) is 0 Å². The molecule has 0 unspecified atom stereocenters. The van der Waals surface area contributed by atoms with Crippen LogP contribution in [0, 0.1) is 11.3 Å². The van der Waals surface area contributed by atoms with E-state index in [4.69, 9.17) is 23.2 Å². The molecule has 3 heterocycles. The van der Waals surface area contributed by atoms with Crippen molar-refractivity contribution < 1.29 is 9.18 Å². The first-order chi connectivity index (χ1) is 17.9. The first kappa shape index (κ1) is 27.6. The SMILES string of the molecule is Cl.N#Cc1ccc2c(c1)c1c(n2C(=O)NCc2ccnc(Cl)c2)CCN(C/C(F)=C/c2ccc(Cl)cc2)C1. The van der Waals surface area contributed by atoms with Crippen LogP contribution in [-0.2, 0) is 19.5 Å². The first-order valence-electron chi connectivity index (χ1n) is 11.7. The molecule has 1 aliphatic rings. The third-order valence-electron chi connectivity index (χ3n) is 6.36. The lowest BCUT2D eigenvalue weighted by atomic mass is 10.0. The van der Waals surface area contributed by atoms with Crippen LogP contribution in [0.25, 0.3) is 17.0 Å². The monoisotopic (exact) mass is 569 g/mol. The number of halogens is 4. The molecule has 1 amide bonds. The van der Waals surface area contributed by atoms with Crippen LogP contribution in [0.4, 0.5) is 9.18 Å². The highest BCUT2D eigenvalue weighted by molar-refractivity contribution is 6.30. The standard InChI is InChI=1S/C28H22Cl2FN5O.ClH/c29-21-4-1-18(2-5-21)11-22(31)16-35-10-8-26-24(17-35)23-12-19(14-32)3-6-25(23)36(26)28(37)34-15-20-7-9-33-27(30)13-20;/h1-7,9,11-13H,8,10,15-17H2,(H,34,37);1H/b22-11-;. The Hall–Kier alpha value is -3.41. The normalized spacial score (nSPS) is 13.5. The van der Waals surface area contributed by atoms with Gasteiger partial charge in [-0.3, -0.25) is 9.47 Å². The van der Waals surface area contributed by atoms with Crippen molar-refractivity contribution in [1.82, 2.24) is 19.8 Å². The zero-order valence-corrected chi connectivity index (χ0v) is 22.5. The van der Waals surface area contributed by atoms with Crippen LogP contribution < -0.4 is 5.32 Å². The largest absolute Gasteiger partial charge is 0.333 e. The van der Waals surface area contributed by atoms with E-state index >= 15 is 0 Å². The van der Waals surface area contributed by atoms with Gasteiger partial charge in [-0.2, -0.15) is 5.26 Å². The van der Waals surface area contributed by atoms with Crippen molar-refractivity contribution in [1.29, 1.82) is 5.26 Å². The van der Waals surface area contributed by atoms with Crippen LogP contribution in [0.2, 0.25) is 10.2 Å². The summed E-state index contributed by atoms with van der Waals surface area (Å²) >= 11 is 11.9. The number of carbonyl (C=O) groups excluding carboxylic acids is 1. The predicted octanol–water partition coefficient (Wildman–Crippen LogP) is 6.76. The lowest BCUT2D eigenvalue weighted by Gasteiger charge is -2.27. The highest BCUT2D eigenvalue weighted by Crippen LogP contribution is 2.32. The minimum Gasteiger partial charge on any atom is -0.333 e. The summed E-state index contributed by atoms with van der Waals surface area (Å²) in [5.74, 6) is -0.263. The quantitative estimate of drug-likeness (QED) is 0.269. The number of carbonyl (C=O) groups is 1. The van der Waals surface area contributed by atoms with Gasteiger partial charge in [0.1, 0.15) is 11.0 Å². The topological polar surface area (TPSA) is 74.0 Å². The van der Waals surface area contributed by atoms with Crippen molar-refractivity contribution in [3.8, 4) is 6.07 Å². The van der Waals surface area contributed by atoms with Gasteiger partial charge in [-0.1, -0.05) is 35.3 Å². The second-order valence-corrected chi connectivity index (χ2v) is 9.68. The van der Waals surface area contributed by atoms with Crippen molar-refractivity contribution in [3.05, 3.63) is 105 Å². The number of nitrogens with zero attached hydrogens (tertiary/aromatic N) is 4. The number of nitriles is 1. The van der Waals surface area contributed by atoms with E-state index in [-0.39, 0.29) is 30.8 Å². The summed E-state index contributed by atoms with van der Waals surface area (Å²) in [4.78, 5) is 19.3. The third-order valence-corrected chi connectivity index (χ3v) is 6.82. The van der Waals surface area contributed by atoms with Gasteiger partial charge in [0.15, 0.2) is 0 Å². The summed E-state index contributed by atoms with van der Waals surface area (Å²) in [6, 6.07) is 17.7. The number of aromatic nitrogens is 2. The van der Waals surface area contributed by atoms with Gasteiger partial charge < -0.3 is 5.32 Å². The third kappa shape index (κ3) is 6.01. The fraction of sp³-hybridized carbons (Fsp3) is 0.179. The van der Waals surface area contributed by atoms with E-state index in [9.17, 15) is 14.4 Å². The van der Waals surface area contributed by atoms with Gasteiger partial charge in [0.25, 0.3) is 0 Å². The Bertz CT molecular complexity index is 1560. The van der Waals surface area contributed by atoms with Gasteiger partial charge >= 0.3 is 6.03 Å². The van der Waals surface area contributed by atoms with Crippen molar-refractivity contribution >= 4 is 58.6 Å². The fourth-order valence-electron chi connectivity index (χ4n) is 4.66. The number of hydrogen-bond acceptors (Lipinski definition) is 4. The van der Waals surface area contributed by atoms with Gasteiger partial charge in [0.05, 0.1) is 23.7 Å². The lowest BCUT2D eigenvalue weighted by molar-refractivity contribution is 0.238.